The summed E-state index contributed by atoms with van der Waals surface area (Å²) in [5, 5.41) is 2.69. The number of allylic oxidation sites excluding steroid dienone is 1. The second-order valence-electron chi connectivity index (χ2n) is 19.2. The number of Topliss-reactive ketones (excluding diaryl/α,β-unsaturated/α-hetero) is 1. The highest BCUT2D eigenvalue weighted by atomic mass is 32.1. The Kier molecular flexibility index (Phi) is 14.8. The molecule has 0 bridgehead atoms. The molecule has 2 saturated carbocycles. The van der Waals surface area contributed by atoms with Crippen molar-refractivity contribution >= 4 is 53.4 Å². The lowest BCUT2D eigenvalue weighted by atomic mass is 9.77. The molecule has 2 aromatic heterocycles. The molecule has 13 nitrogen and oxygen atoms in total. The predicted octanol–water partition coefficient (Wildman–Crippen LogP) is 10.1. The fourth-order valence-corrected chi connectivity index (χ4v) is 12.0. The second-order valence-corrected chi connectivity index (χ2v) is 23.0. The van der Waals surface area contributed by atoms with E-state index in [-0.39, 0.29) is 49.5 Å². The van der Waals surface area contributed by atoms with E-state index in [0.717, 1.165) is 59.3 Å². The molecule has 62 heavy (non-hydrogen) atoms. The van der Waals surface area contributed by atoms with Crippen LogP contribution in [-0.4, -0.2) is 88.2 Å². The van der Waals surface area contributed by atoms with E-state index in [1.807, 2.05) is 57.3 Å². The van der Waals surface area contributed by atoms with Crippen LogP contribution in [0.5, 0.6) is 5.75 Å². The Morgan fingerprint density at radius 1 is 1.05 bits per heavy atom. The molecule has 3 heterocycles. The van der Waals surface area contributed by atoms with Crippen LogP contribution in [-0.2, 0) is 44.1 Å². The highest BCUT2D eigenvalue weighted by Crippen LogP contribution is 2.73. The highest BCUT2D eigenvalue weighted by Gasteiger charge is 2.65. The van der Waals surface area contributed by atoms with Gasteiger partial charge in [-0.25, -0.2) is 14.8 Å². The molecule has 3 aliphatic rings. The molecule has 338 valence electrons. The van der Waals surface area contributed by atoms with E-state index < -0.39 is 61.0 Å². The van der Waals surface area contributed by atoms with Crippen LogP contribution in [0.2, 0.25) is 0 Å². The van der Waals surface area contributed by atoms with Crippen LogP contribution in [0.25, 0.3) is 22.3 Å². The second kappa shape index (κ2) is 19.3. The molecule has 1 amide bonds. The van der Waals surface area contributed by atoms with Gasteiger partial charge in [0.2, 0.25) is 20.1 Å². The first-order valence-corrected chi connectivity index (χ1v) is 24.9. The number of rotatable bonds is 18. The Morgan fingerprint density at radius 3 is 2.42 bits per heavy atom. The summed E-state index contributed by atoms with van der Waals surface area (Å²) in [6.45, 7) is 20.2. The zero-order chi connectivity index (χ0) is 45.1. The van der Waals surface area contributed by atoms with Gasteiger partial charge in [-0.1, -0.05) is 46.8 Å². The molecule has 6 atom stereocenters. The number of benzene rings is 1. The van der Waals surface area contributed by atoms with Crippen molar-refractivity contribution < 1.29 is 47.2 Å². The first-order chi connectivity index (χ1) is 29.2. The monoisotopic (exact) mass is 893 g/mol. The third-order valence-corrected chi connectivity index (χ3v) is 16.1. The maximum absolute atomic E-state index is 15.0. The van der Waals surface area contributed by atoms with Crippen LogP contribution < -0.4 is 4.74 Å². The van der Waals surface area contributed by atoms with Gasteiger partial charge in [-0.3, -0.25) is 23.5 Å². The minimum atomic E-state index is -3.64. The maximum Gasteiger partial charge on any atom is 0.510 e. The summed E-state index contributed by atoms with van der Waals surface area (Å²) < 4.78 is 42.9. The molecule has 0 N–H and O–H groups in total. The molecule has 3 fully saturated rings. The number of ketones is 1. The van der Waals surface area contributed by atoms with Crippen molar-refractivity contribution in [3.05, 3.63) is 52.9 Å². The van der Waals surface area contributed by atoms with Gasteiger partial charge >= 0.3 is 12.1 Å². The van der Waals surface area contributed by atoms with Gasteiger partial charge in [0.05, 0.1) is 58.1 Å². The van der Waals surface area contributed by atoms with E-state index in [1.54, 1.807) is 36.2 Å². The van der Waals surface area contributed by atoms with Crippen molar-refractivity contribution in [2.45, 2.75) is 143 Å². The zero-order valence-corrected chi connectivity index (χ0v) is 39.5. The van der Waals surface area contributed by atoms with Crippen molar-refractivity contribution in [1.29, 1.82) is 0 Å². The maximum atomic E-state index is 15.0. The van der Waals surface area contributed by atoms with Crippen molar-refractivity contribution in [3.8, 4) is 17.1 Å². The minimum Gasteiger partial charge on any atom is -0.488 e. The fourth-order valence-electron chi connectivity index (χ4n) is 8.78. The molecule has 0 spiro atoms. The SMILES string of the molecule is C=C[C@@H]1C[C@]1(CC(=O)[C@@H]1CC(Oc2cc(-c3csc(CC(C)C)n3)nc3cc(C)ccc23)CN1C(=O)[C@@H](CC(=O)OC1CCCC1)C(C)(C)C)P(C)(=O)OCOC(=O)OC(C)C. The van der Waals surface area contributed by atoms with Gasteiger partial charge in [-0.2, -0.15) is 0 Å². The van der Waals surface area contributed by atoms with Gasteiger partial charge in [0.1, 0.15) is 18.0 Å². The number of esters is 1. The molecule has 2 aliphatic carbocycles. The average Bonchev–Trinajstić information content (AvgIpc) is 3.57. The number of pyridine rings is 1. The van der Waals surface area contributed by atoms with E-state index in [0.29, 0.717) is 23.8 Å². The first-order valence-electron chi connectivity index (χ1n) is 21.9. The van der Waals surface area contributed by atoms with E-state index in [4.69, 9.17) is 33.4 Å². The van der Waals surface area contributed by atoms with Crippen LogP contribution in [0.1, 0.15) is 110 Å². The van der Waals surface area contributed by atoms with Gasteiger partial charge in [0.25, 0.3) is 0 Å². The Bertz CT molecular complexity index is 2190. The molecular weight excluding hydrogens is 830 g/mol. The number of fused-ring (bicyclic) bond motifs is 1. The van der Waals surface area contributed by atoms with E-state index in [9.17, 15) is 23.7 Å². The predicted molar refractivity (Wildman–Crippen MR) is 239 cm³/mol. The van der Waals surface area contributed by atoms with Crippen molar-refractivity contribution in [2.24, 2.45) is 23.2 Å². The van der Waals surface area contributed by atoms with E-state index >= 15 is 0 Å². The number of nitrogens with zero attached hydrogens (tertiary/aromatic N) is 3. The molecule has 15 heteroatoms. The summed E-state index contributed by atoms with van der Waals surface area (Å²) >= 11 is 1.60. The number of hydrogen-bond acceptors (Lipinski definition) is 13. The van der Waals surface area contributed by atoms with Crippen LogP contribution in [0.15, 0.2) is 42.3 Å². The highest BCUT2D eigenvalue weighted by molar-refractivity contribution is 7.60. The number of ether oxygens (including phenoxy) is 4. The quantitative estimate of drug-likeness (QED) is 0.0515. The largest absolute Gasteiger partial charge is 0.510 e. The number of amides is 1. The third kappa shape index (κ3) is 11.1. The van der Waals surface area contributed by atoms with Crippen LogP contribution in [0.3, 0.4) is 0 Å². The topological polar surface area (TPSA) is 161 Å². The Hall–Kier alpha value is -4.13. The number of hydrogen-bond donors (Lipinski definition) is 0. The molecule has 0 radical (unpaired) electrons. The number of carbonyl (C=O) groups is 4. The summed E-state index contributed by atoms with van der Waals surface area (Å²) in [7, 11) is -3.64. The third-order valence-electron chi connectivity index (χ3n) is 12.3. The van der Waals surface area contributed by atoms with Gasteiger partial charge < -0.3 is 23.8 Å². The van der Waals surface area contributed by atoms with Gasteiger partial charge in [-0.05, 0) is 87.8 Å². The summed E-state index contributed by atoms with van der Waals surface area (Å²) in [6, 6.07) is 6.86. The van der Waals surface area contributed by atoms with Crippen LogP contribution in [0.4, 0.5) is 4.79 Å². The lowest BCUT2D eigenvalue weighted by molar-refractivity contribution is -0.156. The summed E-state index contributed by atoms with van der Waals surface area (Å²) in [6.07, 6.45) is 4.18. The molecule has 3 aromatic rings. The average molecular weight is 894 g/mol. The molecule has 6 rings (SSSR count). The molecule has 1 aromatic carbocycles. The van der Waals surface area contributed by atoms with Gasteiger partial charge in [-0.15, -0.1) is 17.9 Å². The van der Waals surface area contributed by atoms with Crippen molar-refractivity contribution in [1.82, 2.24) is 14.9 Å². The Morgan fingerprint density at radius 2 is 1.77 bits per heavy atom. The molecule has 1 aliphatic heterocycles. The summed E-state index contributed by atoms with van der Waals surface area (Å²) in [5.41, 5.74) is 2.49. The fraction of sp³-hybridized carbons (Fsp3) is 0.617. The number of aryl methyl sites for hydroxylation is 1. The first kappa shape index (κ1) is 47.4. The lowest BCUT2D eigenvalue weighted by Gasteiger charge is -2.35. The van der Waals surface area contributed by atoms with Gasteiger partial charge in [0, 0.05) is 42.8 Å². The van der Waals surface area contributed by atoms with Crippen molar-refractivity contribution in [3.63, 3.8) is 0 Å². The number of likely N-dealkylation sites (tertiary alicyclic amines) is 1. The molecule has 1 saturated heterocycles. The lowest BCUT2D eigenvalue weighted by Crippen LogP contribution is -2.48. The zero-order valence-electron chi connectivity index (χ0n) is 37.8. The Balaban J connectivity index is 1.31. The van der Waals surface area contributed by atoms with Crippen LogP contribution in [0, 0.1) is 30.1 Å². The van der Waals surface area contributed by atoms with E-state index in [1.165, 1.54) is 6.66 Å². The smallest absolute Gasteiger partial charge is 0.488 e. The number of aromatic nitrogens is 2. The Labute approximate surface area is 370 Å². The minimum absolute atomic E-state index is 0.0731. The summed E-state index contributed by atoms with van der Waals surface area (Å²) in [4.78, 5) is 66.7. The standard InChI is InChI=1S/C47H64N3O10PS/c1-11-31-23-47(31,61(10,55)57-27-56-45(54)58-29(4)5)24-40(51)39-20-33(25-50(39)44(53)35(46(7,8)9)21-43(52)60-32-14-12-13-15-32)59-41-22-37(38-26-62-42(49-38)18-28(2)3)48-36-19-30(6)16-17-34(36)41/h11,16-17,19,22,26,28-29,31-33,35,39H,1,12-15,18,20-21,23-25,27H2,2-10H3/t31-,33?,35-,39+,47-,61?/m1/s1. The van der Waals surface area contributed by atoms with Crippen molar-refractivity contribution in [2.75, 3.05) is 20.0 Å². The van der Waals surface area contributed by atoms with E-state index in [2.05, 4.69) is 20.4 Å². The molecule has 2 unspecified atom stereocenters. The van der Waals surface area contributed by atoms with Gasteiger partial charge in [0.15, 0.2) is 5.78 Å². The van der Waals surface area contributed by atoms with Crippen LogP contribution >= 0.6 is 18.7 Å². The molecular formula is C47H64N3O10PS. The number of thiazole rings is 1. The number of carbonyl (C=O) groups excluding carboxylic acids is 4. The summed E-state index contributed by atoms with van der Waals surface area (Å²) in [5.74, 6) is -1.20. The normalized spacial score (nSPS) is 23.0.